The highest BCUT2D eigenvalue weighted by Gasteiger charge is 2.22. The van der Waals surface area contributed by atoms with Crippen LogP contribution in [0.2, 0.25) is 5.22 Å². The molecule has 27 heavy (non-hydrogen) atoms. The van der Waals surface area contributed by atoms with Crippen LogP contribution in [0, 0.1) is 0 Å². The lowest BCUT2D eigenvalue weighted by Gasteiger charge is -2.21. The van der Waals surface area contributed by atoms with Crippen LogP contribution in [0.4, 0.5) is 0 Å². The Bertz CT molecular complexity index is 799. The summed E-state index contributed by atoms with van der Waals surface area (Å²) in [5.41, 5.74) is 0.820. The van der Waals surface area contributed by atoms with E-state index >= 15 is 0 Å². The van der Waals surface area contributed by atoms with Crippen LogP contribution >= 0.6 is 11.6 Å². The fourth-order valence-corrected chi connectivity index (χ4v) is 3.31. The highest BCUT2D eigenvalue weighted by atomic mass is 35.5. The number of furan rings is 1. The van der Waals surface area contributed by atoms with Crippen LogP contribution in [0.15, 0.2) is 40.8 Å². The van der Waals surface area contributed by atoms with Gasteiger partial charge in [-0.2, -0.15) is 0 Å². The molecule has 0 spiro atoms. The van der Waals surface area contributed by atoms with Crippen molar-refractivity contribution in [2.45, 2.75) is 32.2 Å². The molecule has 1 saturated heterocycles. The number of likely N-dealkylation sites (tertiary alicyclic amines) is 1. The van der Waals surface area contributed by atoms with Crippen LogP contribution in [-0.2, 0) is 4.79 Å². The Balaban J connectivity index is 1.68. The van der Waals surface area contributed by atoms with Crippen molar-refractivity contribution >= 4 is 23.4 Å². The Labute approximate surface area is 163 Å². The molecule has 1 atom stereocenters. The van der Waals surface area contributed by atoms with Crippen LogP contribution < -0.4 is 10.1 Å². The Morgan fingerprint density at radius 1 is 1.22 bits per heavy atom. The molecule has 0 saturated carbocycles. The first-order chi connectivity index (χ1) is 13.1. The van der Waals surface area contributed by atoms with Crippen molar-refractivity contribution in [3.8, 4) is 5.75 Å². The monoisotopic (exact) mass is 390 g/mol. The van der Waals surface area contributed by atoms with Gasteiger partial charge in [0.15, 0.2) is 17.6 Å². The molecule has 1 aliphatic rings. The van der Waals surface area contributed by atoms with E-state index in [1.807, 2.05) is 36.1 Å². The SMILES string of the molecule is CCC(NC(=O)c1ccc(Cl)o1)c1ccccc1OCC(=O)N1CCCC1. The van der Waals surface area contributed by atoms with Gasteiger partial charge in [0.05, 0.1) is 6.04 Å². The van der Waals surface area contributed by atoms with E-state index in [0.717, 1.165) is 31.5 Å². The van der Waals surface area contributed by atoms with E-state index in [0.29, 0.717) is 12.2 Å². The highest BCUT2D eigenvalue weighted by Crippen LogP contribution is 2.28. The van der Waals surface area contributed by atoms with Crippen molar-refractivity contribution in [1.29, 1.82) is 0 Å². The van der Waals surface area contributed by atoms with Crippen molar-refractivity contribution in [1.82, 2.24) is 10.2 Å². The first-order valence-electron chi connectivity index (χ1n) is 9.14. The van der Waals surface area contributed by atoms with Gasteiger partial charge in [-0.15, -0.1) is 0 Å². The zero-order valence-corrected chi connectivity index (χ0v) is 16.0. The normalized spacial score (nSPS) is 14.8. The van der Waals surface area contributed by atoms with E-state index in [4.69, 9.17) is 20.8 Å². The molecule has 1 aromatic carbocycles. The molecule has 7 heteroatoms. The van der Waals surface area contributed by atoms with Crippen LogP contribution in [0.1, 0.15) is 48.3 Å². The number of carbonyl (C=O) groups excluding carboxylic acids is 2. The second kappa shape index (κ2) is 8.95. The highest BCUT2D eigenvalue weighted by molar-refractivity contribution is 6.29. The molecular weight excluding hydrogens is 368 g/mol. The molecule has 0 radical (unpaired) electrons. The summed E-state index contributed by atoms with van der Waals surface area (Å²) in [6, 6.07) is 10.2. The van der Waals surface area contributed by atoms with Gasteiger partial charge in [0, 0.05) is 18.7 Å². The van der Waals surface area contributed by atoms with Gasteiger partial charge >= 0.3 is 0 Å². The van der Waals surface area contributed by atoms with E-state index < -0.39 is 0 Å². The van der Waals surface area contributed by atoms with Gasteiger partial charge in [-0.3, -0.25) is 9.59 Å². The summed E-state index contributed by atoms with van der Waals surface area (Å²) in [5, 5.41) is 3.09. The molecule has 1 unspecified atom stereocenters. The standard InChI is InChI=1S/C20H23ClN2O4/c1-2-15(22-20(25)17-9-10-18(21)27-17)14-7-3-4-8-16(14)26-13-19(24)23-11-5-6-12-23/h3-4,7-10,15H,2,5-6,11-13H2,1H3,(H,22,25). The molecule has 0 bridgehead atoms. The van der Waals surface area contributed by atoms with Gasteiger partial charge in [-0.25, -0.2) is 0 Å². The van der Waals surface area contributed by atoms with Crippen LogP contribution in [0.5, 0.6) is 5.75 Å². The lowest BCUT2D eigenvalue weighted by Crippen LogP contribution is -2.32. The fraction of sp³-hybridized carbons (Fsp3) is 0.400. The fourth-order valence-electron chi connectivity index (χ4n) is 3.16. The predicted octanol–water partition coefficient (Wildman–Crippen LogP) is 3.82. The maximum Gasteiger partial charge on any atom is 0.287 e. The van der Waals surface area contributed by atoms with Crippen molar-refractivity contribution in [3.05, 3.63) is 52.9 Å². The Kier molecular flexibility index (Phi) is 6.40. The number of hydrogen-bond donors (Lipinski definition) is 1. The van der Waals surface area contributed by atoms with E-state index in [2.05, 4.69) is 5.32 Å². The van der Waals surface area contributed by atoms with E-state index in [-0.39, 0.29) is 35.4 Å². The van der Waals surface area contributed by atoms with E-state index in [1.165, 1.54) is 12.1 Å². The maximum absolute atomic E-state index is 12.4. The summed E-state index contributed by atoms with van der Waals surface area (Å²) >= 11 is 5.74. The van der Waals surface area contributed by atoms with Crippen molar-refractivity contribution in [2.75, 3.05) is 19.7 Å². The lowest BCUT2D eigenvalue weighted by atomic mass is 10.0. The summed E-state index contributed by atoms with van der Waals surface area (Å²) in [6.45, 7) is 3.55. The van der Waals surface area contributed by atoms with E-state index in [9.17, 15) is 9.59 Å². The molecule has 1 aliphatic heterocycles. The quantitative estimate of drug-likeness (QED) is 0.780. The number of benzene rings is 1. The Morgan fingerprint density at radius 2 is 1.96 bits per heavy atom. The maximum atomic E-state index is 12.4. The minimum Gasteiger partial charge on any atom is -0.483 e. The van der Waals surface area contributed by atoms with Gasteiger partial charge in [0.1, 0.15) is 5.75 Å². The van der Waals surface area contributed by atoms with E-state index in [1.54, 1.807) is 0 Å². The number of ether oxygens (including phenoxy) is 1. The minimum absolute atomic E-state index is 0.00478. The Morgan fingerprint density at radius 3 is 2.63 bits per heavy atom. The number of amides is 2. The minimum atomic E-state index is -0.350. The first kappa shape index (κ1) is 19.3. The summed E-state index contributed by atoms with van der Waals surface area (Å²) < 4.78 is 11.0. The number of rotatable bonds is 7. The largest absolute Gasteiger partial charge is 0.483 e. The molecule has 2 amide bonds. The second-order valence-corrected chi connectivity index (χ2v) is 6.82. The zero-order valence-electron chi connectivity index (χ0n) is 15.2. The zero-order chi connectivity index (χ0) is 19.2. The third-order valence-corrected chi connectivity index (χ3v) is 4.82. The summed E-state index contributed by atoms with van der Waals surface area (Å²) in [6.07, 6.45) is 2.74. The summed E-state index contributed by atoms with van der Waals surface area (Å²) in [4.78, 5) is 26.4. The molecule has 2 heterocycles. The third kappa shape index (κ3) is 4.83. The number of nitrogens with one attached hydrogen (secondary N) is 1. The second-order valence-electron chi connectivity index (χ2n) is 6.45. The third-order valence-electron chi connectivity index (χ3n) is 4.61. The molecule has 0 aliphatic carbocycles. The van der Waals surface area contributed by atoms with Crippen molar-refractivity contribution < 1.29 is 18.7 Å². The number of halogens is 1. The van der Waals surface area contributed by atoms with Gasteiger partial charge in [0.25, 0.3) is 11.8 Å². The van der Waals surface area contributed by atoms with Gasteiger partial charge in [-0.05, 0) is 49.1 Å². The van der Waals surface area contributed by atoms with Gasteiger partial charge in [-0.1, -0.05) is 25.1 Å². The summed E-state index contributed by atoms with van der Waals surface area (Å²) in [5.74, 6) is 0.386. The molecule has 1 aromatic heterocycles. The molecule has 6 nitrogen and oxygen atoms in total. The lowest BCUT2D eigenvalue weighted by molar-refractivity contribution is -0.132. The molecule has 3 rings (SSSR count). The van der Waals surface area contributed by atoms with Crippen molar-refractivity contribution in [2.24, 2.45) is 0 Å². The van der Waals surface area contributed by atoms with Crippen LogP contribution in [0.25, 0.3) is 0 Å². The average molecular weight is 391 g/mol. The first-order valence-corrected chi connectivity index (χ1v) is 9.52. The Hall–Kier alpha value is -2.47. The molecule has 1 fully saturated rings. The van der Waals surface area contributed by atoms with Crippen LogP contribution in [0.3, 0.4) is 0 Å². The number of para-hydroxylation sites is 1. The van der Waals surface area contributed by atoms with Crippen molar-refractivity contribution in [3.63, 3.8) is 0 Å². The predicted molar refractivity (Wildman–Crippen MR) is 102 cm³/mol. The topological polar surface area (TPSA) is 71.8 Å². The molecule has 2 aromatic rings. The van der Waals surface area contributed by atoms with Gasteiger partial charge < -0.3 is 19.4 Å². The molecular formula is C20H23ClN2O4. The van der Waals surface area contributed by atoms with Crippen LogP contribution in [-0.4, -0.2) is 36.4 Å². The smallest absolute Gasteiger partial charge is 0.287 e. The number of nitrogens with zero attached hydrogens (tertiary/aromatic N) is 1. The average Bonchev–Trinajstić information content (AvgIpc) is 3.36. The molecule has 1 N–H and O–H groups in total. The number of hydrogen-bond acceptors (Lipinski definition) is 4. The van der Waals surface area contributed by atoms with Gasteiger partial charge in [0.2, 0.25) is 0 Å². The summed E-state index contributed by atoms with van der Waals surface area (Å²) in [7, 11) is 0. The number of carbonyl (C=O) groups is 2. The molecule has 144 valence electrons.